The van der Waals surface area contributed by atoms with E-state index in [2.05, 4.69) is 50.0 Å². The largest absolute Gasteiger partial charge is 0.478 e. The minimum absolute atomic E-state index is 0.342. The van der Waals surface area contributed by atoms with E-state index in [1.54, 1.807) is 0 Å². The second-order valence-corrected chi connectivity index (χ2v) is 6.22. The number of carboxylic acids is 1. The number of aliphatic carboxylic acids is 1. The Bertz CT molecular complexity index is 402. The summed E-state index contributed by atoms with van der Waals surface area (Å²) in [5, 5.41) is 8.71. The number of rotatable bonds is 16. The van der Waals surface area contributed by atoms with Crippen LogP contribution in [0, 0.1) is 0 Å². The van der Waals surface area contributed by atoms with Gasteiger partial charge in [-0.3, -0.25) is 0 Å². The van der Waals surface area contributed by atoms with Crippen molar-refractivity contribution in [1.29, 1.82) is 0 Å². The van der Waals surface area contributed by atoms with Crippen LogP contribution in [0.25, 0.3) is 0 Å². The Morgan fingerprint density at radius 3 is 1.88 bits per heavy atom. The van der Waals surface area contributed by atoms with Crippen LogP contribution in [-0.2, 0) is 4.79 Å². The maximum absolute atomic E-state index is 10.6. The minimum atomic E-state index is -0.855. The Morgan fingerprint density at radius 2 is 1.29 bits per heavy atom. The van der Waals surface area contributed by atoms with Gasteiger partial charge in [-0.25, -0.2) is 4.79 Å². The molecule has 2 nitrogen and oxygen atoms in total. The van der Waals surface area contributed by atoms with Gasteiger partial charge in [0.2, 0.25) is 0 Å². The van der Waals surface area contributed by atoms with Crippen molar-refractivity contribution in [3.05, 3.63) is 48.6 Å². The Kier molecular flexibility index (Phi) is 16.6. The van der Waals surface area contributed by atoms with E-state index in [4.69, 9.17) is 5.11 Å². The summed E-state index contributed by atoms with van der Waals surface area (Å²) in [4.78, 5) is 10.6. The Morgan fingerprint density at radius 1 is 0.792 bits per heavy atom. The van der Waals surface area contributed by atoms with Crippen LogP contribution in [0.15, 0.2) is 48.6 Å². The summed E-state index contributed by atoms with van der Waals surface area (Å²) in [5.74, 6) is -0.855. The number of carbonyl (C=O) groups is 1. The van der Waals surface area contributed by atoms with E-state index in [1.807, 2.05) is 0 Å². The lowest BCUT2D eigenvalue weighted by molar-refractivity contribution is -0.132. The molecule has 0 aliphatic heterocycles. The zero-order valence-electron chi connectivity index (χ0n) is 15.5. The molecule has 0 unspecified atom stereocenters. The van der Waals surface area contributed by atoms with Crippen LogP contribution < -0.4 is 0 Å². The number of hydrogen-bond donors (Lipinski definition) is 1. The molecule has 0 aliphatic rings. The molecule has 0 aromatic rings. The van der Waals surface area contributed by atoms with Crippen molar-refractivity contribution in [1.82, 2.24) is 0 Å². The SMILES string of the molecule is C=C(CCCCCCCCCC=CCC=CCC=CCC)C(=O)O. The highest BCUT2D eigenvalue weighted by Gasteiger charge is 2.02. The van der Waals surface area contributed by atoms with E-state index in [1.165, 1.54) is 38.5 Å². The van der Waals surface area contributed by atoms with E-state index >= 15 is 0 Å². The van der Waals surface area contributed by atoms with E-state index in [-0.39, 0.29) is 0 Å². The lowest BCUT2D eigenvalue weighted by Gasteiger charge is -2.02. The lowest BCUT2D eigenvalue weighted by Crippen LogP contribution is -1.98. The van der Waals surface area contributed by atoms with Crippen molar-refractivity contribution in [3.63, 3.8) is 0 Å². The molecule has 0 spiro atoms. The van der Waals surface area contributed by atoms with Crippen LogP contribution in [0.5, 0.6) is 0 Å². The number of unbranched alkanes of at least 4 members (excludes halogenated alkanes) is 7. The number of hydrogen-bond acceptors (Lipinski definition) is 1. The van der Waals surface area contributed by atoms with Crippen LogP contribution >= 0.6 is 0 Å². The minimum Gasteiger partial charge on any atom is -0.478 e. The normalized spacial score (nSPS) is 11.9. The van der Waals surface area contributed by atoms with E-state index in [0.717, 1.165) is 32.1 Å². The van der Waals surface area contributed by atoms with Crippen LogP contribution in [-0.4, -0.2) is 11.1 Å². The van der Waals surface area contributed by atoms with Gasteiger partial charge in [0.15, 0.2) is 0 Å². The molecule has 1 N–H and O–H groups in total. The Labute approximate surface area is 149 Å². The predicted octanol–water partition coefficient (Wildman–Crippen LogP) is 7.00. The quantitative estimate of drug-likeness (QED) is 0.188. The Hall–Kier alpha value is -1.57. The third-order valence-electron chi connectivity index (χ3n) is 3.93. The first-order chi connectivity index (χ1) is 11.7. The molecule has 0 aromatic heterocycles. The standard InChI is InChI=1S/C22H36O2/c1-3-4-5-6-7-8-9-10-11-12-13-14-15-16-17-18-19-20-21(2)22(23)24/h4-5,7-8,10-11H,2-3,6,9,12-20H2,1H3,(H,23,24). The van der Waals surface area contributed by atoms with E-state index in [9.17, 15) is 4.79 Å². The zero-order valence-corrected chi connectivity index (χ0v) is 15.5. The van der Waals surface area contributed by atoms with Gasteiger partial charge < -0.3 is 5.11 Å². The molecule has 136 valence electrons. The average Bonchev–Trinajstić information content (AvgIpc) is 2.57. The van der Waals surface area contributed by atoms with Crippen LogP contribution in [0.3, 0.4) is 0 Å². The highest BCUT2D eigenvalue weighted by molar-refractivity contribution is 5.85. The topological polar surface area (TPSA) is 37.3 Å². The third-order valence-corrected chi connectivity index (χ3v) is 3.93. The van der Waals surface area contributed by atoms with E-state index < -0.39 is 5.97 Å². The first kappa shape index (κ1) is 22.4. The summed E-state index contributed by atoms with van der Waals surface area (Å²) in [6.45, 7) is 5.71. The summed E-state index contributed by atoms with van der Waals surface area (Å²) in [6, 6.07) is 0. The van der Waals surface area contributed by atoms with Crippen molar-refractivity contribution < 1.29 is 9.90 Å². The van der Waals surface area contributed by atoms with Gasteiger partial charge in [0.05, 0.1) is 0 Å². The second kappa shape index (κ2) is 17.8. The summed E-state index contributed by atoms with van der Waals surface area (Å²) < 4.78 is 0. The summed E-state index contributed by atoms with van der Waals surface area (Å²) in [5.41, 5.74) is 0.342. The van der Waals surface area contributed by atoms with Crippen molar-refractivity contribution in [2.24, 2.45) is 0 Å². The van der Waals surface area contributed by atoms with Gasteiger partial charge in [0.1, 0.15) is 0 Å². The fraction of sp³-hybridized carbons (Fsp3) is 0.591. The third kappa shape index (κ3) is 16.8. The van der Waals surface area contributed by atoms with Crippen molar-refractivity contribution in [3.8, 4) is 0 Å². The summed E-state index contributed by atoms with van der Waals surface area (Å²) in [7, 11) is 0. The molecule has 0 amide bonds. The summed E-state index contributed by atoms with van der Waals surface area (Å²) in [6.07, 6.45) is 26.8. The first-order valence-corrected chi connectivity index (χ1v) is 9.54. The molecule has 0 aromatic carbocycles. The van der Waals surface area contributed by atoms with Gasteiger partial charge in [0, 0.05) is 5.57 Å². The van der Waals surface area contributed by atoms with Crippen molar-refractivity contribution in [2.45, 2.75) is 84.0 Å². The smallest absolute Gasteiger partial charge is 0.330 e. The van der Waals surface area contributed by atoms with Crippen LogP contribution in [0.4, 0.5) is 0 Å². The van der Waals surface area contributed by atoms with Gasteiger partial charge in [0.25, 0.3) is 0 Å². The van der Waals surface area contributed by atoms with E-state index in [0.29, 0.717) is 12.0 Å². The zero-order chi connectivity index (χ0) is 17.9. The molecule has 0 saturated heterocycles. The van der Waals surface area contributed by atoms with Gasteiger partial charge in [-0.2, -0.15) is 0 Å². The first-order valence-electron chi connectivity index (χ1n) is 9.54. The fourth-order valence-corrected chi connectivity index (χ4v) is 2.42. The van der Waals surface area contributed by atoms with Gasteiger partial charge in [-0.1, -0.05) is 82.1 Å². The van der Waals surface area contributed by atoms with Gasteiger partial charge in [-0.15, -0.1) is 0 Å². The molecule has 0 aliphatic carbocycles. The number of allylic oxidation sites excluding steroid dienone is 6. The molecule has 0 heterocycles. The Balaban J connectivity index is 3.27. The fourth-order valence-electron chi connectivity index (χ4n) is 2.42. The van der Waals surface area contributed by atoms with Crippen LogP contribution in [0.2, 0.25) is 0 Å². The molecule has 0 radical (unpaired) electrons. The van der Waals surface area contributed by atoms with Gasteiger partial charge in [-0.05, 0) is 44.9 Å². The number of carboxylic acid groups (broad SMARTS) is 1. The highest BCUT2D eigenvalue weighted by Crippen LogP contribution is 2.12. The van der Waals surface area contributed by atoms with Crippen molar-refractivity contribution >= 4 is 5.97 Å². The highest BCUT2D eigenvalue weighted by atomic mass is 16.4. The maximum Gasteiger partial charge on any atom is 0.330 e. The molecular weight excluding hydrogens is 296 g/mol. The predicted molar refractivity (Wildman–Crippen MR) is 105 cm³/mol. The molecule has 0 saturated carbocycles. The molecule has 0 bridgehead atoms. The molecule has 2 heteroatoms. The van der Waals surface area contributed by atoms with Crippen molar-refractivity contribution in [2.75, 3.05) is 0 Å². The molecule has 0 atom stereocenters. The second-order valence-electron chi connectivity index (χ2n) is 6.22. The lowest BCUT2D eigenvalue weighted by atomic mass is 10.0. The summed E-state index contributed by atoms with van der Waals surface area (Å²) >= 11 is 0. The molecule has 24 heavy (non-hydrogen) atoms. The molecule has 0 fully saturated rings. The monoisotopic (exact) mass is 332 g/mol. The maximum atomic E-state index is 10.6. The molecular formula is C22H36O2. The van der Waals surface area contributed by atoms with Gasteiger partial charge >= 0.3 is 5.97 Å². The van der Waals surface area contributed by atoms with Crippen LogP contribution in [0.1, 0.15) is 84.0 Å². The average molecular weight is 333 g/mol. The molecule has 0 rings (SSSR count).